The molecular weight excluding hydrogens is 322 g/mol. The van der Waals surface area contributed by atoms with Crippen molar-refractivity contribution >= 4 is 5.91 Å². The molecule has 0 aliphatic carbocycles. The fourth-order valence-electron chi connectivity index (χ4n) is 3.42. The number of likely N-dealkylation sites (tertiary alicyclic amines) is 1. The number of benzene rings is 2. The van der Waals surface area contributed by atoms with Crippen LogP contribution in [0.4, 0.5) is 0 Å². The maximum Gasteiger partial charge on any atom is 0.222 e. The third-order valence-electron chi connectivity index (χ3n) is 4.86. The number of amides is 1. The van der Waals surface area contributed by atoms with Crippen LogP contribution in [0.5, 0.6) is 5.75 Å². The van der Waals surface area contributed by atoms with Gasteiger partial charge in [0.25, 0.3) is 0 Å². The number of ether oxygens (including phenoxy) is 1. The molecule has 0 aromatic heterocycles. The molecule has 0 saturated carbocycles. The lowest BCUT2D eigenvalue weighted by Crippen LogP contribution is -2.35. The van der Waals surface area contributed by atoms with Gasteiger partial charge in [0.2, 0.25) is 5.91 Å². The summed E-state index contributed by atoms with van der Waals surface area (Å²) in [5.74, 6) is 1.18. The average molecular weight is 354 g/mol. The predicted molar refractivity (Wildman–Crippen MR) is 108 cm³/mol. The zero-order chi connectivity index (χ0) is 18.8. The second-order valence-corrected chi connectivity index (χ2v) is 6.40. The molecule has 140 valence electrons. The largest absolute Gasteiger partial charge is 0.497 e. The fourth-order valence-corrected chi connectivity index (χ4v) is 3.42. The van der Waals surface area contributed by atoms with Crippen molar-refractivity contribution in [2.75, 3.05) is 13.7 Å². The lowest BCUT2D eigenvalue weighted by atomic mass is 10.0. The van der Waals surface area contributed by atoms with Crippen molar-refractivity contribution in [2.45, 2.75) is 52.0 Å². The van der Waals surface area contributed by atoms with Crippen LogP contribution >= 0.6 is 0 Å². The van der Waals surface area contributed by atoms with Gasteiger partial charge in [-0.2, -0.15) is 0 Å². The van der Waals surface area contributed by atoms with Crippen molar-refractivity contribution in [1.82, 2.24) is 4.90 Å². The second kappa shape index (κ2) is 10.6. The minimum Gasteiger partial charge on any atom is -0.497 e. The van der Waals surface area contributed by atoms with E-state index < -0.39 is 0 Å². The highest BCUT2D eigenvalue weighted by molar-refractivity contribution is 5.78. The molecule has 2 aromatic carbocycles. The van der Waals surface area contributed by atoms with Gasteiger partial charge in [-0.1, -0.05) is 56.3 Å². The van der Waals surface area contributed by atoms with Crippen LogP contribution in [0.1, 0.15) is 44.2 Å². The molecule has 0 radical (unpaired) electrons. The summed E-state index contributed by atoms with van der Waals surface area (Å²) in [6.45, 7) is 4.81. The lowest BCUT2D eigenvalue weighted by Gasteiger charge is -2.25. The number of rotatable bonds is 7. The molecule has 1 unspecified atom stereocenters. The maximum atomic E-state index is 12.2. The maximum absolute atomic E-state index is 12.2. The molecule has 3 rings (SSSR count). The molecule has 1 amide bonds. The van der Waals surface area contributed by atoms with Gasteiger partial charge in [0.15, 0.2) is 0 Å². The van der Waals surface area contributed by atoms with Crippen LogP contribution in [-0.4, -0.2) is 30.5 Å². The first-order valence-corrected chi connectivity index (χ1v) is 9.72. The molecular formula is C23H31NO2. The monoisotopic (exact) mass is 353 g/mol. The van der Waals surface area contributed by atoms with Gasteiger partial charge in [-0.05, 0) is 48.9 Å². The minimum atomic E-state index is 0.307. The normalized spacial score (nSPS) is 16.2. The van der Waals surface area contributed by atoms with Crippen LogP contribution in [0.3, 0.4) is 0 Å². The molecule has 1 atom stereocenters. The molecule has 3 heteroatoms. The SMILES string of the molecule is CC.COc1ccc(CCN2C(=O)CCC2CCc2ccccc2)cc1. The average Bonchev–Trinajstić information content (AvgIpc) is 3.07. The molecule has 26 heavy (non-hydrogen) atoms. The third kappa shape index (κ3) is 5.62. The Labute approximate surface area is 158 Å². The van der Waals surface area contributed by atoms with Crippen molar-refractivity contribution in [1.29, 1.82) is 0 Å². The minimum absolute atomic E-state index is 0.307. The summed E-state index contributed by atoms with van der Waals surface area (Å²) >= 11 is 0. The summed E-state index contributed by atoms with van der Waals surface area (Å²) in [5.41, 5.74) is 2.60. The predicted octanol–water partition coefficient (Wildman–Crippen LogP) is 4.89. The lowest BCUT2D eigenvalue weighted by molar-refractivity contribution is -0.129. The number of hydrogen-bond acceptors (Lipinski definition) is 2. The molecule has 3 nitrogen and oxygen atoms in total. The highest BCUT2D eigenvalue weighted by atomic mass is 16.5. The summed E-state index contributed by atoms with van der Waals surface area (Å²) in [6.07, 6.45) is 4.68. The summed E-state index contributed by atoms with van der Waals surface area (Å²) < 4.78 is 5.19. The number of methoxy groups -OCH3 is 1. The zero-order valence-electron chi connectivity index (χ0n) is 16.3. The molecule has 0 bridgehead atoms. The smallest absolute Gasteiger partial charge is 0.222 e. The van der Waals surface area contributed by atoms with Crippen molar-refractivity contribution in [3.63, 3.8) is 0 Å². The Kier molecular flexibility index (Phi) is 8.20. The first kappa shape index (κ1) is 20.0. The van der Waals surface area contributed by atoms with Gasteiger partial charge in [-0.3, -0.25) is 4.79 Å². The van der Waals surface area contributed by atoms with E-state index in [1.54, 1.807) is 7.11 Å². The Morgan fingerprint density at radius 1 is 0.962 bits per heavy atom. The van der Waals surface area contributed by atoms with Crippen LogP contribution in [0.2, 0.25) is 0 Å². The van der Waals surface area contributed by atoms with Crippen molar-refractivity contribution < 1.29 is 9.53 Å². The Morgan fingerprint density at radius 2 is 1.62 bits per heavy atom. The first-order chi connectivity index (χ1) is 12.8. The topological polar surface area (TPSA) is 29.5 Å². The Balaban J connectivity index is 0.00000117. The van der Waals surface area contributed by atoms with E-state index in [0.717, 1.165) is 38.0 Å². The van der Waals surface area contributed by atoms with Crippen LogP contribution in [0, 0.1) is 0 Å². The Bertz CT molecular complexity index is 652. The van der Waals surface area contributed by atoms with E-state index in [-0.39, 0.29) is 0 Å². The van der Waals surface area contributed by atoms with E-state index in [1.165, 1.54) is 11.1 Å². The van der Waals surface area contributed by atoms with Crippen LogP contribution in [-0.2, 0) is 17.6 Å². The van der Waals surface area contributed by atoms with Gasteiger partial charge in [0.05, 0.1) is 7.11 Å². The number of hydrogen-bond donors (Lipinski definition) is 0. The Morgan fingerprint density at radius 3 is 2.27 bits per heavy atom. The molecule has 1 fully saturated rings. The van der Waals surface area contributed by atoms with Gasteiger partial charge in [-0.25, -0.2) is 0 Å². The molecule has 1 aliphatic heterocycles. The van der Waals surface area contributed by atoms with Gasteiger partial charge < -0.3 is 9.64 Å². The van der Waals surface area contributed by atoms with E-state index in [9.17, 15) is 4.79 Å². The summed E-state index contributed by atoms with van der Waals surface area (Å²) in [5, 5.41) is 0. The molecule has 1 saturated heterocycles. The number of carbonyl (C=O) groups is 1. The molecule has 1 heterocycles. The summed E-state index contributed by atoms with van der Waals surface area (Å²) in [4.78, 5) is 14.3. The highest BCUT2D eigenvalue weighted by Crippen LogP contribution is 2.23. The third-order valence-corrected chi connectivity index (χ3v) is 4.86. The summed E-state index contributed by atoms with van der Waals surface area (Å²) in [7, 11) is 1.68. The fraction of sp³-hybridized carbons (Fsp3) is 0.435. The summed E-state index contributed by atoms with van der Waals surface area (Å²) in [6, 6.07) is 19.0. The van der Waals surface area contributed by atoms with E-state index in [1.807, 2.05) is 32.0 Å². The van der Waals surface area contributed by atoms with E-state index in [0.29, 0.717) is 18.4 Å². The highest BCUT2D eigenvalue weighted by Gasteiger charge is 2.29. The van der Waals surface area contributed by atoms with Crippen molar-refractivity contribution in [2.24, 2.45) is 0 Å². The number of carbonyl (C=O) groups excluding carboxylic acids is 1. The molecule has 1 aliphatic rings. The first-order valence-electron chi connectivity index (χ1n) is 9.72. The van der Waals surface area contributed by atoms with E-state index in [4.69, 9.17) is 4.74 Å². The van der Waals surface area contributed by atoms with Crippen LogP contribution in [0.15, 0.2) is 54.6 Å². The quantitative estimate of drug-likeness (QED) is 0.709. The van der Waals surface area contributed by atoms with Gasteiger partial charge in [0.1, 0.15) is 5.75 Å². The van der Waals surface area contributed by atoms with Gasteiger partial charge >= 0.3 is 0 Å². The Hall–Kier alpha value is -2.29. The van der Waals surface area contributed by atoms with Gasteiger partial charge in [0, 0.05) is 19.0 Å². The second-order valence-electron chi connectivity index (χ2n) is 6.40. The molecule has 2 aromatic rings. The van der Waals surface area contributed by atoms with E-state index >= 15 is 0 Å². The zero-order valence-corrected chi connectivity index (χ0v) is 16.3. The van der Waals surface area contributed by atoms with Crippen molar-refractivity contribution in [3.05, 3.63) is 65.7 Å². The molecule has 0 spiro atoms. The van der Waals surface area contributed by atoms with Gasteiger partial charge in [-0.15, -0.1) is 0 Å². The van der Waals surface area contributed by atoms with Crippen molar-refractivity contribution in [3.8, 4) is 5.75 Å². The van der Waals surface area contributed by atoms with E-state index in [2.05, 4.69) is 41.3 Å². The van der Waals surface area contributed by atoms with Crippen LogP contribution in [0.25, 0.3) is 0 Å². The number of aryl methyl sites for hydroxylation is 1. The van der Waals surface area contributed by atoms with Crippen LogP contribution < -0.4 is 4.74 Å². The number of nitrogens with zero attached hydrogens (tertiary/aromatic N) is 1. The molecule has 0 N–H and O–H groups in total. The standard InChI is InChI=1S/C21H25NO2.C2H6/c1-24-20-12-8-18(9-13-20)15-16-22-19(11-14-21(22)23)10-7-17-5-3-2-4-6-17;1-2/h2-6,8-9,12-13,19H,7,10-11,14-16H2,1H3;1-2H3.